The SMILES string of the molecule is CC(=O)OC[C@@H]1O[C@H](n2cnc(=N)c3c(C#N)c(Br)[nH]c32)[C@@H](OC(C)=O)[C@@H]1OC(C)=O. The minimum absolute atomic E-state index is 0.153. The van der Waals surface area contributed by atoms with Gasteiger partial charge in [-0.25, -0.2) is 4.98 Å². The maximum Gasteiger partial charge on any atom is 0.303 e. The van der Waals surface area contributed by atoms with Gasteiger partial charge in [0, 0.05) is 20.8 Å². The standard InChI is InChI=1S/C18H18BrN5O7/c1-7(25)28-5-11-13(29-8(2)26)14(30-9(3)27)18(31-11)24-6-22-16(21)12-10(4-20)15(19)23-17(12)24/h6,11,13-14,18,21,23H,5H2,1-3H3/t11-,13+,14-,18-/m0/s1. The van der Waals surface area contributed by atoms with Gasteiger partial charge in [0.2, 0.25) is 0 Å². The van der Waals surface area contributed by atoms with Crippen LogP contribution in [0.4, 0.5) is 0 Å². The molecule has 1 aliphatic rings. The molecule has 2 N–H and O–H groups in total. The Hall–Kier alpha value is -3.24. The number of nitrogens with zero attached hydrogens (tertiary/aromatic N) is 3. The number of H-pyrrole nitrogens is 1. The van der Waals surface area contributed by atoms with Crippen LogP contribution in [0, 0.1) is 16.7 Å². The Bertz CT molecular complexity index is 1150. The summed E-state index contributed by atoms with van der Waals surface area (Å²) in [5.41, 5.74) is 0.303. The zero-order chi connectivity index (χ0) is 22.9. The van der Waals surface area contributed by atoms with E-state index in [9.17, 15) is 19.6 Å². The molecule has 0 aliphatic carbocycles. The molecule has 13 heteroatoms. The molecular weight excluding hydrogens is 478 g/mol. The van der Waals surface area contributed by atoms with Crippen LogP contribution >= 0.6 is 15.9 Å². The Balaban J connectivity index is 2.13. The Kier molecular flexibility index (Phi) is 6.42. The van der Waals surface area contributed by atoms with Gasteiger partial charge in [0.25, 0.3) is 0 Å². The summed E-state index contributed by atoms with van der Waals surface area (Å²) >= 11 is 3.24. The summed E-state index contributed by atoms with van der Waals surface area (Å²) in [7, 11) is 0. The Morgan fingerprint density at radius 3 is 2.48 bits per heavy atom. The van der Waals surface area contributed by atoms with Crippen molar-refractivity contribution in [3.05, 3.63) is 22.0 Å². The van der Waals surface area contributed by atoms with E-state index in [1.807, 2.05) is 6.07 Å². The third-order valence-corrected chi connectivity index (χ3v) is 5.06. The smallest absolute Gasteiger partial charge is 0.303 e. The number of hydrogen-bond donors (Lipinski definition) is 2. The van der Waals surface area contributed by atoms with Crippen molar-refractivity contribution in [1.29, 1.82) is 10.7 Å². The molecule has 12 nitrogen and oxygen atoms in total. The molecule has 0 radical (unpaired) electrons. The van der Waals surface area contributed by atoms with E-state index in [0.29, 0.717) is 10.3 Å². The monoisotopic (exact) mass is 495 g/mol. The van der Waals surface area contributed by atoms with Gasteiger partial charge in [-0.2, -0.15) is 5.26 Å². The van der Waals surface area contributed by atoms with Crippen LogP contribution in [-0.4, -0.2) is 57.4 Å². The number of ether oxygens (including phenoxy) is 4. The molecule has 164 valence electrons. The third-order valence-electron chi connectivity index (χ3n) is 4.47. The van der Waals surface area contributed by atoms with Crippen LogP contribution in [0.25, 0.3) is 11.0 Å². The molecule has 4 atom stereocenters. The fourth-order valence-electron chi connectivity index (χ4n) is 3.34. The van der Waals surface area contributed by atoms with Crippen LogP contribution < -0.4 is 5.49 Å². The van der Waals surface area contributed by atoms with E-state index >= 15 is 0 Å². The number of hydrogen-bond acceptors (Lipinski definition) is 10. The highest BCUT2D eigenvalue weighted by Gasteiger charge is 2.51. The highest BCUT2D eigenvalue weighted by atomic mass is 79.9. The number of esters is 3. The van der Waals surface area contributed by atoms with Crippen LogP contribution in [0.3, 0.4) is 0 Å². The maximum absolute atomic E-state index is 11.8. The number of halogens is 1. The topological polar surface area (TPSA) is 169 Å². The van der Waals surface area contributed by atoms with Crippen molar-refractivity contribution in [2.45, 2.75) is 45.3 Å². The van der Waals surface area contributed by atoms with Crippen molar-refractivity contribution in [3.8, 4) is 6.07 Å². The number of aromatic nitrogens is 3. The first-order valence-electron chi connectivity index (χ1n) is 9.00. The molecule has 3 rings (SSSR count). The van der Waals surface area contributed by atoms with Crippen LogP contribution in [0.1, 0.15) is 32.6 Å². The maximum atomic E-state index is 11.8. The van der Waals surface area contributed by atoms with Crippen molar-refractivity contribution >= 4 is 44.9 Å². The highest BCUT2D eigenvalue weighted by molar-refractivity contribution is 9.10. The normalized spacial score (nSPS) is 22.7. The number of rotatable bonds is 5. The number of carbonyl (C=O) groups excluding carboxylic acids is 3. The lowest BCUT2D eigenvalue weighted by atomic mass is 10.1. The van der Waals surface area contributed by atoms with E-state index in [1.165, 1.54) is 31.7 Å². The predicted octanol–water partition coefficient (Wildman–Crippen LogP) is 0.802. The van der Waals surface area contributed by atoms with Crippen molar-refractivity contribution in [1.82, 2.24) is 14.5 Å². The van der Waals surface area contributed by atoms with E-state index in [4.69, 9.17) is 24.4 Å². The summed E-state index contributed by atoms with van der Waals surface area (Å²) in [4.78, 5) is 41.7. The zero-order valence-electron chi connectivity index (χ0n) is 16.7. The molecule has 31 heavy (non-hydrogen) atoms. The number of fused-ring (bicyclic) bond motifs is 1. The van der Waals surface area contributed by atoms with Gasteiger partial charge in [-0.1, -0.05) is 0 Å². The fourth-order valence-corrected chi connectivity index (χ4v) is 3.81. The second-order valence-corrected chi connectivity index (χ2v) is 7.46. The summed E-state index contributed by atoms with van der Waals surface area (Å²) in [6.45, 7) is 3.33. The van der Waals surface area contributed by atoms with Crippen molar-refractivity contribution in [3.63, 3.8) is 0 Å². The van der Waals surface area contributed by atoms with Gasteiger partial charge < -0.3 is 23.9 Å². The fraction of sp³-hybridized carbons (Fsp3) is 0.444. The molecular formula is C18H18BrN5O7. The van der Waals surface area contributed by atoms with Gasteiger partial charge in [-0.3, -0.25) is 24.4 Å². The predicted molar refractivity (Wildman–Crippen MR) is 104 cm³/mol. The number of carbonyl (C=O) groups is 3. The molecule has 0 amide bonds. The summed E-state index contributed by atoms with van der Waals surface area (Å²) in [6.07, 6.45) is -2.95. The molecule has 2 aromatic heterocycles. The number of aromatic amines is 1. The highest BCUT2D eigenvalue weighted by Crippen LogP contribution is 2.36. The van der Waals surface area contributed by atoms with E-state index in [-0.39, 0.29) is 23.0 Å². The Labute approximate surface area is 183 Å². The lowest BCUT2D eigenvalue weighted by molar-refractivity contribution is -0.166. The average molecular weight is 496 g/mol. The molecule has 0 unspecified atom stereocenters. The lowest BCUT2D eigenvalue weighted by Crippen LogP contribution is -2.40. The molecule has 0 saturated carbocycles. The van der Waals surface area contributed by atoms with Gasteiger partial charge in [-0.15, -0.1) is 0 Å². The second kappa shape index (κ2) is 8.86. The minimum Gasteiger partial charge on any atom is -0.463 e. The minimum atomic E-state index is -1.12. The van der Waals surface area contributed by atoms with Gasteiger partial charge in [-0.05, 0) is 15.9 Å². The van der Waals surface area contributed by atoms with E-state index in [0.717, 1.165) is 0 Å². The van der Waals surface area contributed by atoms with Crippen LogP contribution in [0.2, 0.25) is 0 Å². The van der Waals surface area contributed by atoms with E-state index < -0.39 is 42.4 Å². The molecule has 0 aromatic carbocycles. The van der Waals surface area contributed by atoms with Gasteiger partial charge in [0.1, 0.15) is 35.4 Å². The quantitative estimate of drug-likeness (QED) is 0.449. The largest absolute Gasteiger partial charge is 0.463 e. The molecule has 3 heterocycles. The summed E-state index contributed by atoms with van der Waals surface area (Å²) in [5, 5.41) is 17.7. The van der Waals surface area contributed by atoms with Gasteiger partial charge in [0.05, 0.1) is 10.9 Å². The van der Waals surface area contributed by atoms with Gasteiger partial charge >= 0.3 is 17.9 Å². The Morgan fingerprint density at radius 2 is 1.90 bits per heavy atom. The van der Waals surface area contributed by atoms with E-state index in [2.05, 4.69) is 25.9 Å². The third kappa shape index (κ3) is 4.44. The van der Waals surface area contributed by atoms with Crippen LogP contribution in [0.15, 0.2) is 10.9 Å². The van der Waals surface area contributed by atoms with Crippen molar-refractivity contribution in [2.75, 3.05) is 6.61 Å². The first-order valence-corrected chi connectivity index (χ1v) is 9.79. The summed E-state index contributed by atoms with van der Waals surface area (Å²) < 4.78 is 23.5. The number of nitriles is 1. The van der Waals surface area contributed by atoms with E-state index in [1.54, 1.807) is 0 Å². The average Bonchev–Trinajstić information content (AvgIpc) is 3.18. The Morgan fingerprint density at radius 1 is 1.26 bits per heavy atom. The van der Waals surface area contributed by atoms with Crippen molar-refractivity contribution < 1.29 is 33.3 Å². The first-order chi connectivity index (χ1) is 14.6. The summed E-state index contributed by atoms with van der Waals surface area (Å²) in [5.74, 6) is -1.88. The molecule has 0 spiro atoms. The molecule has 1 saturated heterocycles. The van der Waals surface area contributed by atoms with Crippen LogP contribution in [0.5, 0.6) is 0 Å². The lowest BCUT2D eigenvalue weighted by Gasteiger charge is -2.24. The first kappa shape index (κ1) is 22.4. The van der Waals surface area contributed by atoms with Crippen LogP contribution in [-0.2, 0) is 33.3 Å². The molecule has 2 aromatic rings. The number of nitrogens with one attached hydrogen (secondary N) is 2. The second-order valence-electron chi connectivity index (χ2n) is 6.67. The van der Waals surface area contributed by atoms with Crippen molar-refractivity contribution in [2.24, 2.45) is 0 Å². The molecule has 1 aliphatic heterocycles. The molecule has 1 fully saturated rings. The van der Waals surface area contributed by atoms with Gasteiger partial charge in [0.15, 0.2) is 23.9 Å². The summed E-state index contributed by atoms with van der Waals surface area (Å²) in [6, 6.07) is 1.99. The zero-order valence-corrected chi connectivity index (χ0v) is 18.3. The molecule has 0 bridgehead atoms.